The van der Waals surface area contributed by atoms with Crippen LogP contribution in [-0.4, -0.2) is 70.5 Å². The first-order valence-electron chi connectivity index (χ1n) is 12.8. The Labute approximate surface area is 262 Å². The number of aliphatic hydroxyl groups excluding tert-OH is 3. The Bertz CT molecular complexity index is 1330. The highest BCUT2D eigenvalue weighted by molar-refractivity contribution is 14.1. The third-order valence-corrected chi connectivity index (χ3v) is 7.78. The number of nitrogens with one attached hydrogen (secondary N) is 1. The van der Waals surface area contributed by atoms with Gasteiger partial charge in [0.1, 0.15) is 12.2 Å². The lowest BCUT2D eigenvalue weighted by atomic mass is 9.87. The van der Waals surface area contributed by atoms with Gasteiger partial charge in [0.05, 0.1) is 29.9 Å². The Morgan fingerprint density at radius 3 is 2.54 bits per heavy atom. The maximum Gasteiger partial charge on any atom is 0.247 e. The summed E-state index contributed by atoms with van der Waals surface area (Å²) in [5.41, 5.74) is 2.24. The fourth-order valence-electron chi connectivity index (χ4n) is 4.42. The summed E-state index contributed by atoms with van der Waals surface area (Å²) >= 11 is 14.6. The molecule has 0 fully saturated rings. The molecule has 0 heterocycles. The second-order valence-electron chi connectivity index (χ2n) is 9.71. The Hall–Kier alpha value is -2.35. The predicted octanol–water partition coefficient (Wildman–Crippen LogP) is 4.01. The number of halogens is 3. The molecule has 1 aliphatic carbocycles. The van der Waals surface area contributed by atoms with Crippen molar-refractivity contribution < 1.29 is 34.4 Å². The maximum absolute atomic E-state index is 13.6. The van der Waals surface area contributed by atoms with Crippen LogP contribution >= 0.6 is 45.8 Å². The monoisotopic (exact) mass is 718 g/mol. The highest BCUT2D eigenvalue weighted by atomic mass is 127. The van der Waals surface area contributed by atoms with Crippen molar-refractivity contribution in [1.29, 1.82) is 0 Å². The average Bonchev–Trinajstić information content (AvgIpc) is 2.92. The molecule has 0 saturated carbocycles. The first kappa shape index (κ1) is 33.2. The van der Waals surface area contributed by atoms with E-state index in [0.717, 1.165) is 5.57 Å². The minimum Gasteiger partial charge on any atom is -0.493 e. The Kier molecular flexibility index (Phi) is 12.3. The molecule has 0 aromatic heterocycles. The second kappa shape index (κ2) is 15.2. The van der Waals surface area contributed by atoms with Crippen molar-refractivity contribution in [3.63, 3.8) is 0 Å². The van der Waals surface area contributed by atoms with Crippen molar-refractivity contribution in [2.45, 2.75) is 51.7 Å². The third-order valence-electron chi connectivity index (χ3n) is 6.39. The van der Waals surface area contributed by atoms with Gasteiger partial charge in [-0.2, -0.15) is 0 Å². The number of amides is 2. The van der Waals surface area contributed by atoms with E-state index in [1.807, 2.05) is 22.6 Å². The van der Waals surface area contributed by atoms with Gasteiger partial charge in [0.2, 0.25) is 11.8 Å². The van der Waals surface area contributed by atoms with Crippen LogP contribution in [0.3, 0.4) is 0 Å². The first-order chi connectivity index (χ1) is 19.5. The molecule has 3 atom stereocenters. The van der Waals surface area contributed by atoms with E-state index in [9.17, 15) is 24.9 Å². The molecule has 3 rings (SSSR count). The van der Waals surface area contributed by atoms with Crippen molar-refractivity contribution in [3.05, 3.63) is 78.4 Å². The van der Waals surface area contributed by atoms with Crippen LogP contribution in [-0.2, 0) is 22.7 Å². The average molecular weight is 719 g/mol. The van der Waals surface area contributed by atoms with Crippen LogP contribution in [0.4, 0.5) is 0 Å². The standard InChI is InChI=1S/C29H33Cl2IN2O7/c1-16(2)8-26(37)34(14-18-4-5-20(30)13-21(18)31)23-11-19(29(39)33-6-7-35)12-24(27(23)38)41-28-22(32)9-17(15-36)10-25(28)40-3/h4-5,8-10,12-13,23-24,27,35-36,38H,6-7,11,14-15H2,1-3H3,(H,33,39). The molecule has 0 spiro atoms. The molecular formula is C29H33Cl2IN2O7. The SMILES string of the molecule is COc1cc(CO)cc(I)c1OC1C=C(C(=O)NCCO)CC(N(Cc2ccc(Cl)cc2Cl)C(=O)C=C(C)C)C1O. The molecule has 41 heavy (non-hydrogen) atoms. The summed E-state index contributed by atoms with van der Waals surface area (Å²) in [6, 6.07) is 7.39. The summed E-state index contributed by atoms with van der Waals surface area (Å²) in [7, 11) is 1.46. The number of methoxy groups -OCH3 is 1. The Morgan fingerprint density at radius 1 is 1.20 bits per heavy atom. The fourth-order valence-corrected chi connectivity index (χ4v) is 5.68. The summed E-state index contributed by atoms with van der Waals surface area (Å²) in [6.07, 6.45) is 0.665. The number of benzene rings is 2. The van der Waals surface area contributed by atoms with Gasteiger partial charge in [-0.15, -0.1) is 0 Å². The molecule has 9 nitrogen and oxygen atoms in total. The van der Waals surface area contributed by atoms with Gasteiger partial charge in [-0.05, 0) is 77.9 Å². The van der Waals surface area contributed by atoms with Gasteiger partial charge >= 0.3 is 0 Å². The first-order valence-corrected chi connectivity index (χ1v) is 14.6. The van der Waals surface area contributed by atoms with Gasteiger partial charge in [-0.1, -0.05) is 34.8 Å². The molecular weight excluding hydrogens is 686 g/mol. The lowest BCUT2D eigenvalue weighted by Crippen LogP contribution is -2.54. The number of rotatable bonds is 11. The number of hydrogen-bond donors (Lipinski definition) is 4. The number of carbonyl (C=O) groups excluding carboxylic acids is 2. The van der Waals surface area contributed by atoms with Gasteiger partial charge in [-0.25, -0.2) is 0 Å². The minimum atomic E-state index is -1.26. The van der Waals surface area contributed by atoms with Crippen LogP contribution in [0.5, 0.6) is 11.5 Å². The second-order valence-corrected chi connectivity index (χ2v) is 11.7. The Balaban J connectivity index is 2.09. The number of nitrogens with zero attached hydrogens (tertiary/aromatic N) is 1. The van der Waals surface area contributed by atoms with E-state index in [4.69, 9.17) is 32.7 Å². The molecule has 0 bridgehead atoms. The zero-order valence-corrected chi connectivity index (χ0v) is 26.5. The molecule has 2 aromatic rings. The number of aliphatic hydroxyl groups is 3. The van der Waals surface area contributed by atoms with E-state index >= 15 is 0 Å². The van der Waals surface area contributed by atoms with Gasteiger partial charge in [0.15, 0.2) is 11.5 Å². The summed E-state index contributed by atoms with van der Waals surface area (Å²) in [6.45, 7) is 3.18. The number of allylic oxidation sites excluding steroid dienone is 1. The smallest absolute Gasteiger partial charge is 0.247 e. The van der Waals surface area contributed by atoms with Gasteiger partial charge in [-0.3, -0.25) is 9.59 Å². The van der Waals surface area contributed by atoms with Crippen molar-refractivity contribution in [3.8, 4) is 11.5 Å². The van der Waals surface area contributed by atoms with Crippen LogP contribution in [0.15, 0.2) is 53.6 Å². The normalized spacial score (nSPS) is 18.3. The van der Waals surface area contributed by atoms with Gasteiger partial charge < -0.3 is 35.0 Å². The molecule has 0 saturated heterocycles. The van der Waals surface area contributed by atoms with E-state index in [2.05, 4.69) is 5.32 Å². The lowest BCUT2D eigenvalue weighted by Gasteiger charge is -2.40. The Morgan fingerprint density at radius 2 is 1.93 bits per heavy atom. The summed E-state index contributed by atoms with van der Waals surface area (Å²) in [5.74, 6) is -0.194. The van der Waals surface area contributed by atoms with Crippen LogP contribution in [0, 0.1) is 3.57 Å². The van der Waals surface area contributed by atoms with Crippen molar-refractivity contribution in [2.75, 3.05) is 20.3 Å². The van der Waals surface area contributed by atoms with Gasteiger partial charge in [0, 0.05) is 41.2 Å². The quantitative estimate of drug-likeness (QED) is 0.204. The maximum atomic E-state index is 13.6. The van der Waals surface area contributed by atoms with Crippen LogP contribution in [0.25, 0.3) is 0 Å². The van der Waals surface area contributed by atoms with Crippen LogP contribution in [0.1, 0.15) is 31.4 Å². The molecule has 1 aliphatic rings. The fraction of sp³-hybridized carbons (Fsp3) is 0.379. The molecule has 0 radical (unpaired) electrons. The van der Waals surface area contributed by atoms with E-state index in [0.29, 0.717) is 36.2 Å². The summed E-state index contributed by atoms with van der Waals surface area (Å²) in [5, 5.41) is 33.9. The summed E-state index contributed by atoms with van der Waals surface area (Å²) in [4.78, 5) is 28.1. The van der Waals surface area contributed by atoms with Gasteiger partial charge in [0.25, 0.3) is 0 Å². The van der Waals surface area contributed by atoms with Crippen molar-refractivity contribution in [1.82, 2.24) is 10.2 Å². The molecule has 222 valence electrons. The topological polar surface area (TPSA) is 129 Å². The number of hydrogen-bond acceptors (Lipinski definition) is 7. The van der Waals surface area contributed by atoms with Crippen LogP contribution < -0.4 is 14.8 Å². The largest absolute Gasteiger partial charge is 0.493 e. The third kappa shape index (κ3) is 8.59. The van der Waals surface area contributed by atoms with E-state index < -0.39 is 24.2 Å². The molecule has 12 heteroatoms. The number of ether oxygens (including phenoxy) is 2. The van der Waals surface area contributed by atoms with Crippen molar-refractivity contribution >= 4 is 57.6 Å². The minimum absolute atomic E-state index is 0.0174. The highest BCUT2D eigenvalue weighted by Crippen LogP contribution is 2.37. The molecule has 3 unspecified atom stereocenters. The van der Waals surface area contributed by atoms with E-state index in [-0.39, 0.29) is 44.2 Å². The highest BCUT2D eigenvalue weighted by Gasteiger charge is 2.41. The zero-order chi connectivity index (χ0) is 30.3. The molecule has 2 aromatic carbocycles. The summed E-state index contributed by atoms with van der Waals surface area (Å²) < 4.78 is 12.4. The molecule has 4 N–H and O–H groups in total. The zero-order valence-electron chi connectivity index (χ0n) is 22.9. The van der Waals surface area contributed by atoms with Crippen LogP contribution in [0.2, 0.25) is 10.0 Å². The molecule has 2 amide bonds. The molecule has 0 aliphatic heterocycles. The lowest BCUT2D eigenvalue weighted by molar-refractivity contribution is -0.134. The van der Waals surface area contributed by atoms with E-state index in [1.54, 1.807) is 44.2 Å². The number of carbonyl (C=O) groups is 2. The predicted molar refractivity (Wildman–Crippen MR) is 165 cm³/mol. The van der Waals surface area contributed by atoms with E-state index in [1.165, 1.54) is 24.2 Å². The van der Waals surface area contributed by atoms with Crippen molar-refractivity contribution in [2.24, 2.45) is 0 Å².